The van der Waals surface area contributed by atoms with E-state index in [-0.39, 0.29) is 30.6 Å². The lowest BCUT2D eigenvalue weighted by molar-refractivity contribution is -0.126. The molecule has 110 valence electrons. The molecule has 0 bridgehead atoms. The van der Waals surface area contributed by atoms with Gasteiger partial charge in [-0.25, -0.2) is 14.5 Å². The molecule has 3 rings (SSSR count). The highest BCUT2D eigenvalue weighted by atomic mass is 16.6. The second-order valence-electron chi connectivity index (χ2n) is 5.62. The summed E-state index contributed by atoms with van der Waals surface area (Å²) in [6.45, 7) is 1.22. The van der Waals surface area contributed by atoms with E-state index < -0.39 is 6.09 Å². The molecule has 0 atom stereocenters. The van der Waals surface area contributed by atoms with Crippen LogP contribution in [0, 0.1) is 5.92 Å². The van der Waals surface area contributed by atoms with Gasteiger partial charge in [-0.05, 0) is 25.7 Å². The molecule has 0 spiro atoms. The van der Waals surface area contributed by atoms with Crippen LogP contribution in [-0.4, -0.2) is 60.2 Å². The van der Waals surface area contributed by atoms with Gasteiger partial charge in [-0.1, -0.05) is 0 Å². The van der Waals surface area contributed by atoms with Crippen LogP contribution in [0.4, 0.5) is 9.59 Å². The minimum Gasteiger partial charge on any atom is -0.446 e. The van der Waals surface area contributed by atoms with Gasteiger partial charge in [0.05, 0.1) is 0 Å². The van der Waals surface area contributed by atoms with E-state index in [1.165, 1.54) is 0 Å². The quantitative estimate of drug-likeness (QED) is 0.771. The molecule has 20 heavy (non-hydrogen) atoms. The predicted molar refractivity (Wildman–Crippen MR) is 66.9 cm³/mol. The number of hydrogen-bond acceptors (Lipinski definition) is 5. The molecule has 2 aliphatic heterocycles. The molecule has 0 aromatic heterocycles. The van der Waals surface area contributed by atoms with Crippen molar-refractivity contribution in [2.75, 3.05) is 26.2 Å². The van der Waals surface area contributed by atoms with Crippen LogP contribution in [0.25, 0.3) is 0 Å². The summed E-state index contributed by atoms with van der Waals surface area (Å²) in [7, 11) is 0. The molecule has 0 aromatic carbocycles. The maximum atomic E-state index is 11.8. The first kappa shape index (κ1) is 13.2. The Kier molecular flexibility index (Phi) is 3.50. The number of ether oxygens (including phenoxy) is 2. The third-order valence-electron chi connectivity index (χ3n) is 4.07. The lowest BCUT2D eigenvalue weighted by Crippen LogP contribution is -2.54. The summed E-state index contributed by atoms with van der Waals surface area (Å²) in [6, 6.07) is 0. The van der Waals surface area contributed by atoms with Crippen LogP contribution in [0.2, 0.25) is 0 Å². The van der Waals surface area contributed by atoms with Crippen molar-refractivity contribution in [2.24, 2.45) is 5.92 Å². The number of amides is 3. The van der Waals surface area contributed by atoms with Gasteiger partial charge in [-0.3, -0.25) is 4.79 Å². The molecule has 3 fully saturated rings. The number of imide groups is 1. The van der Waals surface area contributed by atoms with Crippen LogP contribution in [0.15, 0.2) is 0 Å². The average Bonchev–Trinajstić information content (AvgIpc) is 2.96. The molecule has 1 aliphatic carbocycles. The predicted octanol–water partition coefficient (Wildman–Crippen LogP) is 0.976. The van der Waals surface area contributed by atoms with E-state index in [1.807, 2.05) is 0 Å². The van der Waals surface area contributed by atoms with Crippen LogP contribution in [-0.2, 0) is 14.3 Å². The van der Waals surface area contributed by atoms with Gasteiger partial charge in [0.2, 0.25) is 0 Å². The molecule has 0 radical (unpaired) electrons. The Morgan fingerprint density at radius 2 is 1.95 bits per heavy atom. The number of hydrogen-bond donors (Lipinski definition) is 0. The molecule has 1 saturated carbocycles. The Balaban J connectivity index is 1.41. The van der Waals surface area contributed by atoms with Gasteiger partial charge in [0.25, 0.3) is 5.91 Å². The molecule has 0 aromatic rings. The van der Waals surface area contributed by atoms with Gasteiger partial charge in [0.15, 0.2) is 6.61 Å². The molecule has 7 heteroatoms. The fourth-order valence-corrected chi connectivity index (χ4v) is 2.87. The Morgan fingerprint density at radius 3 is 2.55 bits per heavy atom. The molecular formula is C13H18N2O5. The number of nitrogens with zero attached hydrogens (tertiary/aromatic N) is 2. The summed E-state index contributed by atoms with van der Waals surface area (Å²) in [6.07, 6.45) is 3.37. The Bertz CT molecular complexity index is 410. The number of cyclic esters (lactones) is 1. The zero-order valence-corrected chi connectivity index (χ0v) is 11.2. The highest BCUT2D eigenvalue weighted by molar-refractivity contribution is 5.97. The van der Waals surface area contributed by atoms with Crippen LogP contribution < -0.4 is 0 Å². The molecule has 3 amide bonds. The van der Waals surface area contributed by atoms with E-state index in [9.17, 15) is 14.4 Å². The molecule has 3 aliphatic rings. The maximum absolute atomic E-state index is 11.8. The zero-order valence-electron chi connectivity index (χ0n) is 11.2. The maximum Gasteiger partial charge on any atom is 0.417 e. The third-order valence-corrected chi connectivity index (χ3v) is 4.07. The third kappa shape index (κ3) is 2.57. The zero-order chi connectivity index (χ0) is 14.1. The fraction of sp³-hybridized carbons (Fsp3) is 0.769. The van der Waals surface area contributed by atoms with E-state index in [4.69, 9.17) is 4.74 Å². The summed E-state index contributed by atoms with van der Waals surface area (Å²) in [5, 5.41) is 0. The smallest absolute Gasteiger partial charge is 0.417 e. The number of carbonyl (C=O) groups is 3. The minimum absolute atomic E-state index is 0.0664. The summed E-state index contributed by atoms with van der Waals surface area (Å²) in [5.74, 6) is -0.178. The van der Waals surface area contributed by atoms with E-state index in [1.54, 1.807) is 4.90 Å². The summed E-state index contributed by atoms with van der Waals surface area (Å²) in [5.41, 5.74) is 0. The highest BCUT2D eigenvalue weighted by Crippen LogP contribution is 2.24. The lowest BCUT2D eigenvalue weighted by Gasteiger charge is -2.39. The highest BCUT2D eigenvalue weighted by Gasteiger charge is 2.39. The van der Waals surface area contributed by atoms with E-state index in [0.717, 1.165) is 30.6 Å². The van der Waals surface area contributed by atoms with Crippen molar-refractivity contribution in [3.8, 4) is 0 Å². The monoisotopic (exact) mass is 282 g/mol. The minimum atomic E-state index is -0.581. The van der Waals surface area contributed by atoms with Gasteiger partial charge in [0, 0.05) is 25.6 Å². The van der Waals surface area contributed by atoms with Crippen LogP contribution in [0.1, 0.15) is 25.7 Å². The Labute approximate surface area is 116 Å². The van der Waals surface area contributed by atoms with Gasteiger partial charge in [-0.15, -0.1) is 0 Å². The second kappa shape index (κ2) is 5.30. The molecule has 2 heterocycles. The molecule has 0 unspecified atom stereocenters. The van der Waals surface area contributed by atoms with E-state index >= 15 is 0 Å². The fourth-order valence-electron chi connectivity index (χ4n) is 2.87. The van der Waals surface area contributed by atoms with E-state index in [0.29, 0.717) is 19.6 Å². The Hall–Kier alpha value is -1.79. The molecule has 0 N–H and O–H groups in total. The molecule has 7 nitrogen and oxygen atoms in total. The van der Waals surface area contributed by atoms with Crippen molar-refractivity contribution in [1.82, 2.24) is 9.80 Å². The first-order chi connectivity index (χ1) is 9.63. The SMILES string of the molecule is O=C(OC1CCCC1)N1CC(CN2C(=O)COC2=O)C1. The summed E-state index contributed by atoms with van der Waals surface area (Å²) in [4.78, 5) is 37.2. The average molecular weight is 282 g/mol. The molecule has 2 saturated heterocycles. The van der Waals surface area contributed by atoms with Crippen LogP contribution in [0.3, 0.4) is 0 Å². The van der Waals surface area contributed by atoms with Crippen molar-refractivity contribution in [3.63, 3.8) is 0 Å². The Morgan fingerprint density at radius 1 is 1.25 bits per heavy atom. The summed E-state index contributed by atoms with van der Waals surface area (Å²) < 4.78 is 10.0. The van der Waals surface area contributed by atoms with Crippen molar-refractivity contribution >= 4 is 18.1 Å². The van der Waals surface area contributed by atoms with Gasteiger partial charge in [-0.2, -0.15) is 0 Å². The van der Waals surface area contributed by atoms with E-state index in [2.05, 4.69) is 4.74 Å². The van der Waals surface area contributed by atoms with Crippen LogP contribution >= 0.6 is 0 Å². The van der Waals surface area contributed by atoms with Crippen molar-refractivity contribution in [2.45, 2.75) is 31.8 Å². The molecular weight excluding hydrogens is 264 g/mol. The first-order valence-electron chi connectivity index (χ1n) is 7.06. The van der Waals surface area contributed by atoms with Gasteiger partial charge in [0.1, 0.15) is 6.10 Å². The van der Waals surface area contributed by atoms with Crippen LogP contribution in [0.5, 0.6) is 0 Å². The van der Waals surface area contributed by atoms with Crippen molar-refractivity contribution in [1.29, 1.82) is 0 Å². The lowest BCUT2D eigenvalue weighted by atomic mass is 10.0. The number of carbonyl (C=O) groups excluding carboxylic acids is 3. The number of rotatable bonds is 3. The van der Waals surface area contributed by atoms with Gasteiger partial charge < -0.3 is 14.4 Å². The van der Waals surface area contributed by atoms with Crippen molar-refractivity contribution in [3.05, 3.63) is 0 Å². The topological polar surface area (TPSA) is 76.2 Å². The largest absolute Gasteiger partial charge is 0.446 e. The second-order valence-corrected chi connectivity index (χ2v) is 5.62. The first-order valence-corrected chi connectivity index (χ1v) is 7.06. The standard InChI is InChI=1S/C13H18N2O5/c16-11-8-19-13(18)15(11)7-9-5-14(6-9)12(17)20-10-3-1-2-4-10/h9-10H,1-8H2. The van der Waals surface area contributed by atoms with Gasteiger partial charge >= 0.3 is 12.2 Å². The number of likely N-dealkylation sites (tertiary alicyclic amines) is 1. The normalized spacial score (nSPS) is 24.0. The van der Waals surface area contributed by atoms with Crippen molar-refractivity contribution < 1.29 is 23.9 Å². The summed E-state index contributed by atoms with van der Waals surface area (Å²) >= 11 is 0.